The summed E-state index contributed by atoms with van der Waals surface area (Å²) < 4.78 is 2.34. The molecule has 0 unspecified atom stereocenters. The monoisotopic (exact) mass is 301 g/mol. The first-order valence-corrected chi connectivity index (χ1v) is 8.35. The second kappa shape index (κ2) is 5.07. The van der Waals surface area contributed by atoms with Crippen molar-refractivity contribution in [1.29, 1.82) is 0 Å². The number of hydrogen-bond donors (Lipinski definition) is 1. The van der Waals surface area contributed by atoms with Crippen molar-refractivity contribution in [3.05, 3.63) is 66.0 Å². The number of hydrogen-bond acceptors (Lipinski definition) is 2. The highest BCUT2D eigenvalue weighted by molar-refractivity contribution is 5.79. The summed E-state index contributed by atoms with van der Waals surface area (Å²) in [5, 5.41) is 3.44. The summed E-state index contributed by atoms with van der Waals surface area (Å²) in [7, 11) is 0. The fraction of sp³-hybridized carbons (Fsp3) is 0.250. The normalized spacial score (nSPS) is 18.9. The van der Waals surface area contributed by atoms with Crippen molar-refractivity contribution in [3.63, 3.8) is 0 Å². The van der Waals surface area contributed by atoms with Crippen molar-refractivity contribution < 1.29 is 0 Å². The number of benzene rings is 2. The molecule has 0 spiro atoms. The molecule has 23 heavy (non-hydrogen) atoms. The zero-order valence-electron chi connectivity index (χ0n) is 13.0. The van der Waals surface area contributed by atoms with Gasteiger partial charge in [-0.15, -0.1) is 0 Å². The second-order valence-electron chi connectivity index (χ2n) is 6.51. The van der Waals surface area contributed by atoms with E-state index < -0.39 is 0 Å². The van der Waals surface area contributed by atoms with E-state index in [1.165, 1.54) is 34.2 Å². The van der Waals surface area contributed by atoms with Crippen LogP contribution < -0.4 is 5.32 Å². The lowest BCUT2D eigenvalue weighted by Crippen LogP contribution is -2.13. The van der Waals surface area contributed by atoms with E-state index in [1.807, 2.05) is 6.20 Å². The Morgan fingerprint density at radius 3 is 2.87 bits per heavy atom. The van der Waals surface area contributed by atoms with Gasteiger partial charge in [0.05, 0.1) is 0 Å². The van der Waals surface area contributed by atoms with Crippen molar-refractivity contribution in [2.45, 2.75) is 18.9 Å². The molecule has 3 nitrogen and oxygen atoms in total. The predicted molar refractivity (Wildman–Crippen MR) is 92.4 cm³/mol. The lowest BCUT2D eigenvalue weighted by atomic mass is 10.0. The summed E-state index contributed by atoms with van der Waals surface area (Å²) in [5.74, 6) is 1.09. The second-order valence-corrected chi connectivity index (χ2v) is 6.51. The Hall–Kier alpha value is -2.39. The molecule has 2 aliphatic rings. The van der Waals surface area contributed by atoms with Crippen molar-refractivity contribution in [2.24, 2.45) is 0 Å². The van der Waals surface area contributed by atoms with Gasteiger partial charge in [-0.05, 0) is 47.7 Å². The molecule has 1 aliphatic heterocycles. The Morgan fingerprint density at radius 1 is 1.04 bits per heavy atom. The van der Waals surface area contributed by atoms with Gasteiger partial charge in [0, 0.05) is 30.5 Å². The molecule has 1 fully saturated rings. The standard InChI is InChI=1S/C20H19N3/c1-2-4-18-14(3-1)11-16-12-15(5-6-19(16)18)20-22-9-10-23(20)17-7-8-21-13-17/h1-6,9-10,12,17,21H,7-8,11,13H2/t17-/m0/s1. The van der Waals surface area contributed by atoms with E-state index in [4.69, 9.17) is 0 Å². The average Bonchev–Trinajstić information content (AvgIpc) is 3.32. The number of nitrogens with zero attached hydrogens (tertiary/aromatic N) is 2. The minimum absolute atomic E-state index is 0.526. The minimum atomic E-state index is 0.526. The van der Waals surface area contributed by atoms with Gasteiger partial charge in [0.2, 0.25) is 0 Å². The zero-order valence-corrected chi connectivity index (χ0v) is 13.0. The van der Waals surface area contributed by atoms with Crippen LogP contribution in [0.3, 0.4) is 0 Å². The summed E-state index contributed by atoms with van der Waals surface area (Å²) in [6.45, 7) is 2.14. The molecule has 0 radical (unpaired) electrons. The highest BCUT2D eigenvalue weighted by atomic mass is 15.1. The van der Waals surface area contributed by atoms with Gasteiger partial charge in [-0.25, -0.2) is 4.98 Å². The molecule has 114 valence electrons. The van der Waals surface area contributed by atoms with E-state index in [-0.39, 0.29) is 0 Å². The topological polar surface area (TPSA) is 29.9 Å². The SMILES string of the molecule is c1ccc2c(c1)Cc1cc(-c3nccn3[C@H]3CCNC3)ccc1-2. The van der Waals surface area contributed by atoms with Crippen molar-refractivity contribution >= 4 is 0 Å². The maximum atomic E-state index is 4.64. The van der Waals surface area contributed by atoms with Crippen LogP contribution in [0.1, 0.15) is 23.6 Å². The van der Waals surface area contributed by atoms with Gasteiger partial charge in [0.1, 0.15) is 5.82 Å². The lowest BCUT2D eigenvalue weighted by molar-refractivity contribution is 0.552. The smallest absolute Gasteiger partial charge is 0.140 e. The molecule has 1 N–H and O–H groups in total. The first kappa shape index (κ1) is 13.1. The van der Waals surface area contributed by atoms with E-state index in [9.17, 15) is 0 Å². The predicted octanol–water partition coefficient (Wildman–Crippen LogP) is 3.66. The first-order valence-electron chi connectivity index (χ1n) is 8.35. The number of imidazole rings is 1. The Balaban J connectivity index is 1.57. The van der Waals surface area contributed by atoms with Gasteiger partial charge in [0.25, 0.3) is 0 Å². The van der Waals surface area contributed by atoms with Crippen LogP contribution in [0.4, 0.5) is 0 Å². The molecule has 2 aromatic carbocycles. The van der Waals surface area contributed by atoms with Crippen molar-refractivity contribution in [1.82, 2.24) is 14.9 Å². The quantitative estimate of drug-likeness (QED) is 0.612. The lowest BCUT2D eigenvalue weighted by Gasteiger charge is -2.15. The molecule has 0 amide bonds. The number of fused-ring (bicyclic) bond motifs is 3. The largest absolute Gasteiger partial charge is 0.327 e. The van der Waals surface area contributed by atoms with Gasteiger partial charge in [-0.1, -0.05) is 36.4 Å². The third-order valence-electron chi connectivity index (χ3n) is 5.15. The van der Waals surface area contributed by atoms with E-state index in [0.717, 1.165) is 25.3 Å². The average molecular weight is 301 g/mol. The van der Waals surface area contributed by atoms with Crippen LogP contribution in [0.15, 0.2) is 54.9 Å². The van der Waals surface area contributed by atoms with Crippen LogP contribution in [0, 0.1) is 0 Å². The highest BCUT2D eigenvalue weighted by Crippen LogP contribution is 2.38. The van der Waals surface area contributed by atoms with Crippen molar-refractivity contribution in [3.8, 4) is 22.5 Å². The van der Waals surface area contributed by atoms with Gasteiger partial charge < -0.3 is 9.88 Å². The Labute approximate surface area is 136 Å². The summed E-state index contributed by atoms with van der Waals surface area (Å²) in [5.41, 5.74) is 6.85. The van der Waals surface area contributed by atoms with E-state index in [0.29, 0.717) is 6.04 Å². The van der Waals surface area contributed by atoms with Gasteiger partial charge >= 0.3 is 0 Å². The molecule has 0 bridgehead atoms. The van der Waals surface area contributed by atoms with Crippen LogP contribution in [-0.2, 0) is 6.42 Å². The van der Waals surface area contributed by atoms with Crippen LogP contribution in [-0.4, -0.2) is 22.6 Å². The summed E-state index contributed by atoms with van der Waals surface area (Å²) in [6, 6.07) is 16.1. The summed E-state index contributed by atoms with van der Waals surface area (Å²) in [4.78, 5) is 4.64. The third kappa shape index (κ3) is 2.04. The van der Waals surface area contributed by atoms with Gasteiger partial charge in [-0.2, -0.15) is 0 Å². The number of rotatable bonds is 2. The van der Waals surface area contributed by atoms with Crippen LogP contribution in [0.25, 0.3) is 22.5 Å². The molecule has 1 aromatic heterocycles. The fourth-order valence-corrected chi connectivity index (χ4v) is 3.99. The van der Waals surface area contributed by atoms with E-state index >= 15 is 0 Å². The Morgan fingerprint density at radius 2 is 1.96 bits per heavy atom. The Bertz CT molecular complexity index is 872. The van der Waals surface area contributed by atoms with Gasteiger partial charge in [0.15, 0.2) is 0 Å². The van der Waals surface area contributed by atoms with Crippen LogP contribution >= 0.6 is 0 Å². The molecule has 3 aromatic rings. The molecular formula is C20H19N3. The van der Waals surface area contributed by atoms with E-state index in [2.05, 4.69) is 63.5 Å². The molecule has 1 aliphatic carbocycles. The van der Waals surface area contributed by atoms with Gasteiger partial charge in [-0.3, -0.25) is 0 Å². The molecule has 1 atom stereocenters. The molecular weight excluding hydrogens is 282 g/mol. The number of aromatic nitrogens is 2. The molecule has 1 saturated heterocycles. The molecule has 2 heterocycles. The first-order chi connectivity index (χ1) is 11.4. The third-order valence-corrected chi connectivity index (χ3v) is 5.15. The Kier molecular flexibility index (Phi) is 2.88. The highest BCUT2D eigenvalue weighted by Gasteiger charge is 2.22. The summed E-state index contributed by atoms with van der Waals surface area (Å²) >= 11 is 0. The maximum Gasteiger partial charge on any atom is 0.140 e. The van der Waals surface area contributed by atoms with Crippen molar-refractivity contribution in [2.75, 3.05) is 13.1 Å². The minimum Gasteiger partial charge on any atom is -0.327 e. The zero-order chi connectivity index (χ0) is 15.2. The fourth-order valence-electron chi connectivity index (χ4n) is 3.99. The molecule has 3 heteroatoms. The summed E-state index contributed by atoms with van der Waals surface area (Å²) in [6.07, 6.45) is 6.26. The maximum absolute atomic E-state index is 4.64. The molecule has 0 saturated carbocycles. The molecule has 5 rings (SSSR count). The number of nitrogens with one attached hydrogen (secondary N) is 1. The van der Waals surface area contributed by atoms with Crippen LogP contribution in [0.5, 0.6) is 0 Å². The van der Waals surface area contributed by atoms with E-state index in [1.54, 1.807) is 0 Å². The van der Waals surface area contributed by atoms with Crippen LogP contribution in [0.2, 0.25) is 0 Å².